The standard InChI is InChI=1S/C5H12N4/c1-5-6-8(2)4-9(3)7-5/h4H2,1-3H3,(H,6,7). The summed E-state index contributed by atoms with van der Waals surface area (Å²) >= 11 is 0. The van der Waals surface area contributed by atoms with Crippen molar-refractivity contribution in [3.8, 4) is 0 Å². The summed E-state index contributed by atoms with van der Waals surface area (Å²) in [6.07, 6.45) is 0. The van der Waals surface area contributed by atoms with Gasteiger partial charge in [0.05, 0.1) is 0 Å². The van der Waals surface area contributed by atoms with Crippen molar-refractivity contribution in [2.75, 3.05) is 20.8 Å². The predicted octanol–water partition coefficient (Wildman–Crippen LogP) is -0.341. The normalized spacial score (nSPS) is 21.2. The van der Waals surface area contributed by atoms with Crippen molar-refractivity contribution < 1.29 is 0 Å². The number of nitrogens with one attached hydrogen (secondary N) is 1. The Morgan fingerprint density at radius 1 is 1.56 bits per heavy atom. The Kier molecular flexibility index (Phi) is 1.57. The van der Waals surface area contributed by atoms with Gasteiger partial charge in [0.25, 0.3) is 0 Å². The summed E-state index contributed by atoms with van der Waals surface area (Å²) in [5.41, 5.74) is 3.05. The monoisotopic (exact) mass is 128 g/mol. The highest BCUT2D eigenvalue weighted by atomic mass is 15.7. The maximum Gasteiger partial charge on any atom is 0.133 e. The maximum atomic E-state index is 4.13. The summed E-state index contributed by atoms with van der Waals surface area (Å²) in [7, 11) is 3.93. The topological polar surface area (TPSA) is 30.9 Å². The SMILES string of the molecule is CC1=NN(C)CN(C)N1. The van der Waals surface area contributed by atoms with Gasteiger partial charge < -0.3 is 5.43 Å². The lowest BCUT2D eigenvalue weighted by Gasteiger charge is -2.28. The summed E-state index contributed by atoms with van der Waals surface area (Å²) in [6.45, 7) is 2.77. The fourth-order valence-electron chi connectivity index (χ4n) is 0.929. The molecule has 4 heteroatoms. The minimum atomic E-state index is 0.831. The number of hydrogen-bond acceptors (Lipinski definition) is 4. The van der Waals surface area contributed by atoms with Crippen LogP contribution < -0.4 is 5.43 Å². The molecule has 1 aliphatic heterocycles. The molecule has 1 N–H and O–H groups in total. The summed E-state index contributed by atoms with van der Waals surface area (Å²) in [6, 6.07) is 0. The minimum absolute atomic E-state index is 0.831. The largest absolute Gasteiger partial charge is 0.304 e. The Bertz CT molecular complexity index is 131. The zero-order valence-corrected chi connectivity index (χ0v) is 6.05. The van der Waals surface area contributed by atoms with Gasteiger partial charge in [0.2, 0.25) is 0 Å². The highest BCUT2D eigenvalue weighted by Gasteiger charge is 2.06. The molecule has 0 aliphatic carbocycles. The van der Waals surface area contributed by atoms with Crippen LogP contribution in [0.5, 0.6) is 0 Å². The molecule has 0 saturated carbocycles. The van der Waals surface area contributed by atoms with E-state index in [-0.39, 0.29) is 0 Å². The van der Waals surface area contributed by atoms with Crippen LogP contribution in [0.4, 0.5) is 0 Å². The van der Waals surface area contributed by atoms with E-state index in [0.717, 1.165) is 12.5 Å². The van der Waals surface area contributed by atoms with E-state index in [1.807, 2.05) is 31.0 Å². The average Bonchev–Trinajstić information content (AvgIpc) is 1.59. The smallest absolute Gasteiger partial charge is 0.133 e. The van der Waals surface area contributed by atoms with Crippen molar-refractivity contribution in [3.05, 3.63) is 0 Å². The van der Waals surface area contributed by atoms with E-state index in [1.54, 1.807) is 0 Å². The first-order valence-corrected chi connectivity index (χ1v) is 2.92. The molecule has 0 saturated heterocycles. The molecule has 0 atom stereocenters. The Balaban J connectivity index is 2.56. The fraction of sp³-hybridized carbons (Fsp3) is 0.800. The quantitative estimate of drug-likeness (QED) is 0.484. The molecule has 0 aromatic carbocycles. The Morgan fingerprint density at radius 3 is 2.67 bits per heavy atom. The fourth-order valence-corrected chi connectivity index (χ4v) is 0.929. The zero-order valence-electron chi connectivity index (χ0n) is 6.05. The van der Waals surface area contributed by atoms with Crippen molar-refractivity contribution in [3.63, 3.8) is 0 Å². The number of hydrogen-bond donors (Lipinski definition) is 1. The van der Waals surface area contributed by atoms with Gasteiger partial charge in [-0.1, -0.05) is 0 Å². The van der Waals surface area contributed by atoms with Crippen LogP contribution in [0.1, 0.15) is 6.92 Å². The van der Waals surface area contributed by atoms with Gasteiger partial charge in [0.15, 0.2) is 0 Å². The summed E-state index contributed by atoms with van der Waals surface area (Å²) < 4.78 is 0. The number of nitrogens with zero attached hydrogens (tertiary/aromatic N) is 3. The Morgan fingerprint density at radius 2 is 2.22 bits per heavy atom. The van der Waals surface area contributed by atoms with Gasteiger partial charge in [-0.25, -0.2) is 5.01 Å². The molecule has 0 amide bonds. The van der Waals surface area contributed by atoms with Gasteiger partial charge >= 0.3 is 0 Å². The molecule has 0 bridgehead atoms. The third-order valence-electron chi connectivity index (χ3n) is 1.09. The minimum Gasteiger partial charge on any atom is -0.304 e. The van der Waals surface area contributed by atoms with Gasteiger partial charge in [-0.15, -0.1) is 0 Å². The summed E-state index contributed by atoms with van der Waals surface area (Å²) in [5, 5.41) is 7.99. The number of rotatable bonds is 0. The molecule has 0 fully saturated rings. The third-order valence-corrected chi connectivity index (χ3v) is 1.09. The molecule has 1 aliphatic rings. The first-order chi connectivity index (χ1) is 4.18. The van der Waals surface area contributed by atoms with Gasteiger partial charge in [0, 0.05) is 14.1 Å². The van der Waals surface area contributed by atoms with Crippen LogP contribution in [0, 0.1) is 0 Å². The molecule has 0 aromatic heterocycles. The van der Waals surface area contributed by atoms with E-state index in [2.05, 4.69) is 10.5 Å². The molecule has 0 aromatic rings. The molecular formula is C5H12N4. The van der Waals surface area contributed by atoms with E-state index in [1.165, 1.54) is 0 Å². The van der Waals surface area contributed by atoms with E-state index in [0.29, 0.717) is 0 Å². The van der Waals surface area contributed by atoms with Crippen LogP contribution in [0.25, 0.3) is 0 Å². The predicted molar refractivity (Wildman–Crippen MR) is 36.6 cm³/mol. The molecule has 1 heterocycles. The van der Waals surface area contributed by atoms with Crippen LogP contribution in [-0.2, 0) is 0 Å². The second kappa shape index (κ2) is 2.23. The number of hydrazine groups is 1. The van der Waals surface area contributed by atoms with E-state index in [4.69, 9.17) is 0 Å². The zero-order chi connectivity index (χ0) is 6.85. The van der Waals surface area contributed by atoms with E-state index >= 15 is 0 Å². The summed E-state index contributed by atoms with van der Waals surface area (Å²) in [4.78, 5) is 0. The molecule has 1 rings (SSSR count). The van der Waals surface area contributed by atoms with Crippen LogP contribution in [0.3, 0.4) is 0 Å². The van der Waals surface area contributed by atoms with Gasteiger partial charge in [-0.3, -0.25) is 5.01 Å². The van der Waals surface area contributed by atoms with E-state index in [9.17, 15) is 0 Å². The number of hydrazone groups is 1. The second-order valence-corrected chi connectivity index (χ2v) is 2.29. The molecule has 4 nitrogen and oxygen atoms in total. The van der Waals surface area contributed by atoms with Crippen molar-refractivity contribution >= 4 is 5.84 Å². The first kappa shape index (κ1) is 6.35. The summed E-state index contributed by atoms with van der Waals surface area (Å²) in [5.74, 6) is 0.936. The Hall–Kier alpha value is -0.770. The lowest BCUT2D eigenvalue weighted by molar-refractivity contribution is 0.140. The highest BCUT2D eigenvalue weighted by Crippen LogP contribution is 1.92. The van der Waals surface area contributed by atoms with Crippen LogP contribution in [0.2, 0.25) is 0 Å². The number of amidine groups is 1. The maximum absolute atomic E-state index is 4.13. The van der Waals surface area contributed by atoms with Crippen molar-refractivity contribution in [2.45, 2.75) is 6.92 Å². The lowest BCUT2D eigenvalue weighted by atomic mass is 10.7. The molecule has 0 radical (unpaired) electrons. The molecule has 0 unspecified atom stereocenters. The van der Waals surface area contributed by atoms with Gasteiger partial charge in [-0.2, -0.15) is 5.10 Å². The van der Waals surface area contributed by atoms with E-state index < -0.39 is 0 Å². The Labute approximate surface area is 55.1 Å². The molecule has 0 spiro atoms. The highest BCUT2D eigenvalue weighted by molar-refractivity contribution is 5.78. The van der Waals surface area contributed by atoms with Crippen molar-refractivity contribution in [1.82, 2.24) is 15.4 Å². The van der Waals surface area contributed by atoms with Crippen molar-refractivity contribution in [2.24, 2.45) is 5.10 Å². The van der Waals surface area contributed by atoms with Crippen LogP contribution >= 0.6 is 0 Å². The second-order valence-electron chi connectivity index (χ2n) is 2.29. The first-order valence-electron chi connectivity index (χ1n) is 2.92. The average molecular weight is 128 g/mol. The van der Waals surface area contributed by atoms with Crippen LogP contribution in [-0.4, -0.2) is 36.6 Å². The van der Waals surface area contributed by atoms with Gasteiger partial charge in [0.1, 0.15) is 12.5 Å². The molecule has 52 valence electrons. The molecular weight excluding hydrogens is 116 g/mol. The van der Waals surface area contributed by atoms with Crippen molar-refractivity contribution in [1.29, 1.82) is 0 Å². The molecule has 9 heavy (non-hydrogen) atoms. The van der Waals surface area contributed by atoms with Crippen LogP contribution in [0.15, 0.2) is 5.10 Å². The third kappa shape index (κ3) is 1.57. The van der Waals surface area contributed by atoms with Gasteiger partial charge in [-0.05, 0) is 6.92 Å². The lowest BCUT2D eigenvalue weighted by Crippen LogP contribution is -2.47.